The van der Waals surface area contributed by atoms with Crippen LogP contribution in [0.3, 0.4) is 0 Å². The summed E-state index contributed by atoms with van der Waals surface area (Å²) >= 11 is 0. The van der Waals surface area contributed by atoms with Crippen LogP contribution in [0.2, 0.25) is 0 Å². The van der Waals surface area contributed by atoms with E-state index < -0.39 is 12.0 Å². The zero-order valence-corrected chi connectivity index (χ0v) is 8.85. The van der Waals surface area contributed by atoms with Crippen molar-refractivity contribution in [1.82, 2.24) is 9.80 Å². The number of amides is 1. The number of fused-ring (bicyclic) bond motifs is 1. The molecule has 2 fully saturated rings. The standard InChI is InChI=1S/C10H16N2O3/c1-7(13)12-6-5-11-4-2-3-8(11)9(12)10(14)15/h8-9H,2-6H2,1H3,(H,14,15). The van der Waals surface area contributed by atoms with Crippen LogP contribution in [0.1, 0.15) is 19.8 Å². The molecule has 0 aromatic carbocycles. The number of carboxylic acids is 1. The number of carbonyl (C=O) groups excluding carboxylic acids is 1. The summed E-state index contributed by atoms with van der Waals surface area (Å²) in [5.74, 6) is -1.00. The lowest BCUT2D eigenvalue weighted by molar-refractivity contribution is -0.155. The second-order valence-electron chi connectivity index (χ2n) is 4.24. The highest BCUT2D eigenvalue weighted by atomic mass is 16.4. The number of rotatable bonds is 1. The molecule has 2 unspecified atom stereocenters. The van der Waals surface area contributed by atoms with Gasteiger partial charge in [-0.15, -0.1) is 0 Å². The number of carbonyl (C=O) groups is 2. The van der Waals surface area contributed by atoms with Gasteiger partial charge in [-0.05, 0) is 19.4 Å². The quantitative estimate of drug-likeness (QED) is 0.652. The van der Waals surface area contributed by atoms with E-state index in [1.54, 1.807) is 0 Å². The largest absolute Gasteiger partial charge is 0.480 e. The zero-order valence-electron chi connectivity index (χ0n) is 8.85. The first-order valence-corrected chi connectivity index (χ1v) is 5.35. The molecule has 2 aliphatic rings. The molecule has 0 aliphatic carbocycles. The van der Waals surface area contributed by atoms with E-state index in [9.17, 15) is 14.7 Å². The summed E-state index contributed by atoms with van der Waals surface area (Å²) in [5, 5.41) is 9.18. The highest BCUT2D eigenvalue weighted by Gasteiger charge is 2.43. The van der Waals surface area contributed by atoms with Crippen molar-refractivity contribution >= 4 is 11.9 Å². The maximum atomic E-state index is 11.3. The zero-order chi connectivity index (χ0) is 11.0. The Kier molecular flexibility index (Phi) is 2.65. The van der Waals surface area contributed by atoms with Crippen LogP contribution in [0.15, 0.2) is 0 Å². The fourth-order valence-electron chi connectivity index (χ4n) is 2.72. The van der Waals surface area contributed by atoms with Crippen molar-refractivity contribution in [2.75, 3.05) is 19.6 Å². The smallest absolute Gasteiger partial charge is 0.328 e. The monoisotopic (exact) mass is 212 g/mol. The first-order valence-electron chi connectivity index (χ1n) is 5.35. The lowest BCUT2D eigenvalue weighted by Crippen LogP contribution is -2.61. The van der Waals surface area contributed by atoms with Crippen LogP contribution in [0.4, 0.5) is 0 Å². The molecule has 0 saturated carbocycles. The topological polar surface area (TPSA) is 60.9 Å². The van der Waals surface area contributed by atoms with Crippen molar-refractivity contribution in [3.63, 3.8) is 0 Å². The van der Waals surface area contributed by atoms with Crippen LogP contribution < -0.4 is 0 Å². The van der Waals surface area contributed by atoms with Gasteiger partial charge < -0.3 is 10.0 Å². The molecule has 2 atom stereocenters. The van der Waals surface area contributed by atoms with Gasteiger partial charge in [-0.1, -0.05) is 0 Å². The fraction of sp³-hybridized carbons (Fsp3) is 0.800. The highest BCUT2D eigenvalue weighted by Crippen LogP contribution is 2.27. The molecule has 2 heterocycles. The Morgan fingerprint density at radius 1 is 1.27 bits per heavy atom. The Labute approximate surface area is 88.6 Å². The Morgan fingerprint density at radius 2 is 2.00 bits per heavy atom. The molecule has 0 aromatic rings. The Hall–Kier alpha value is -1.10. The highest BCUT2D eigenvalue weighted by molar-refractivity contribution is 5.83. The Morgan fingerprint density at radius 3 is 2.60 bits per heavy atom. The average Bonchev–Trinajstić information content (AvgIpc) is 2.62. The van der Waals surface area contributed by atoms with Gasteiger partial charge in [-0.25, -0.2) is 4.79 Å². The molecule has 0 spiro atoms. The maximum absolute atomic E-state index is 11.3. The molecule has 0 radical (unpaired) electrons. The predicted octanol–water partition coefficient (Wildman–Crippen LogP) is -0.234. The summed E-state index contributed by atoms with van der Waals surface area (Å²) in [4.78, 5) is 26.2. The minimum absolute atomic E-state index is 0.0279. The third-order valence-electron chi connectivity index (χ3n) is 3.40. The number of hydrogen-bond donors (Lipinski definition) is 1. The second-order valence-corrected chi connectivity index (χ2v) is 4.24. The van der Waals surface area contributed by atoms with Crippen molar-refractivity contribution in [2.24, 2.45) is 0 Å². The van der Waals surface area contributed by atoms with Crippen molar-refractivity contribution in [2.45, 2.75) is 31.8 Å². The van der Waals surface area contributed by atoms with Crippen LogP contribution >= 0.6 is 0 Å². The van der Waals surface area contributed by atoms with E-state index in [0.717, 1.165) is 25.9 Å². The number of aliphatic carboxylic acids is 1. The van der Waals surface area contributed by atoms with E-state index in [1.807, 2.05) is 0 Å². The SMILES string of the molecule is CC(=O)N1CCN2CCCC2C1C(=O)O. The van der Waals surface area contributed by atoms with E-state index in [2.05, 4.69) is 4.90 Å². The molecular weight excluding hydrogens is 196 g/mol. The number of nitrogens with zero attached hydrogens (tertiary/aromatic N) is 2. The molecule has 5 nitrogen and oxygen atoms in total. The third kappa shape index (κ3) is 1.71. The van der Waals surface area contributed by atoms with E-state index >= 15 is 0 Å². The number of carboxylic acid groups (broad SMARTS) is 1. The van der Waals surface area contributed by atoms with Gasteiger partial charge in [0, 0.05) is 26.1 Å². The van der Waals surface area contributed by atoms with Crippen molar-refractivity contribution in [1.29, 1.82) is 0 Å². The molecule has 2 saturated heterocycles. The van der Waals surface area contributed by atoms with Gasteiger partial charge in [-0.2, -0.15) is 0 Å². The molecular formula is C10H16N2O3. The lowest BCUT2D eigenvalue weighted by Gasteiger charge is -2.42. The van der Waals surface area contributed by atoms with Crippen LogP contribution in [0, 0.1) is 0 Å². The average molecular weight is 212 g/mol. The van der Waals surface area contributed by atoms with Gasteiger partial charge in [0.25, 0.3) is 0 Å². The van der Waals surface area contributed by atoms with Crippen LogP contribution in [-0.4, -0.2) is 58.5 Å². The lowest BCUT2D eigenvalue weighted by atomic mass is 10.0. The summed E-state index contributed by atoms with van der Waals surface area (Å²) in [7, 11) is 0. The van der Waals surface area contributed by atoms with Gasteiger partial charge >= 0.3 is 5.97 Å². The van der Waals surface area contributed by atoms with E-state index in [0.29, 0.717) is 6.54 Å². The Bertz CT molecular complexity index is 292. The van der Waals surface area contributed by atoms with Gasteiger partial charge in [0.2, 0.25) is 5.91 Å². The molecule has 1 N–H and O–H groups in total. The second kappa shape index (κ2) is 3.81. The van der Waals surface area contributed by atoms with Gasteiger partial charge in [0.05, 0.1) is 0 Å². The van der Waals surface area contributed by atoms with Crippen LogP contribution in [0.5, 0.6) is 0 Å². The van der Waals surface area contributed by atoms with Crippen LogP contribution in [0.25, 0.3) is 0 Å². The van der Waals surface area contributed by atoms with E-state index in [4.69, 9.17) is 0 Å². The molecule has 2 aliphatic heterocycles. The molecule has 15 heavy (non-hydrogen) atoms. The van der Waals surface area contributed by atoms with Crippen molar-refractivity contribution < 1.29 is 14.7 Å². The summed E-state index contributed by atoms with van der Waals surface area (Å²) in [6.45, 7) is 3.78. The molecule has 0 bridgehead atoms. The van der Waals surface area contributed by atoms with Crippen molar-refractivity contribution in [3.8, 4) is 0 Å². The van der Waals surface area contributed by atoms with Crippen molar-refractivity contribution in [3.05, 3.63) is 0 Å². The van der Waals surface area contributed by atoms with E-state index in [-0.39, 0.29) is 11.9 Å². The normalized spacial score (nSPS) is 31.4. The fourth-order valence-corrected chi connectivity index (χ4v) is 2.72. The van der Waals surface area contributed by atoms with Gasteiger partial charge in [0.1, 0.15) is 6.04 Å². The minimum Gasteiger partial charge on any atom is -0.480 e. The van der Waals surface area contributed by atoms with E-state index in [1.165, 1.54) is 11.8 Å². The predicted molar refractivity (Wildman–Crippen MR) is 53.4 cm³/mol. The summed E-state index contributed by atoms with van der Waals surface area (Å²) in [6, 6.07) is -0.612. The van der Waals surface area contributed by atoms with Gasteiger partial charge in [-0.3, -0.25) is 9.69 Å². The molecule has 1 amide bonds. The summed E-state index contributed by atoms with van der Waals surface area (Å²) in [5.41, 5.74) is 0. The van der Waals surface area contributed by atoms with Crippen LogP contribution in [-0.2, 0) is 9.59 Å². The minimum atomic E-state index is -0.873. The summed E-state index contributed by atoms with van der Waals surface area (Å²) < 4.78 is 0. The first kappa shape index (κ1) is 10.4. The van der Waals surface area contributed by atoms with Gasteiger partial charge in [0.15, 0.2) is 0 Å². The maximum Gasteiger partial charge on any atom is 0.328 e. The number of hydrogen-bond acceptors (Lipinski definition) is 3. The first-order chi connectivity index (χ1) is 7.11. The Balaban J connectivity index is 2.21. The third-order valence-corrected chi connectivity index (χ3v) is 3.40. The summed E-state index contributed by atoms with van der Waals surface area (Å²) in [6.07, 6.45) is 1.93. The molecule has 5 heteroatoms. The molecule has 2 rings (SSSR count). The molecule has 84 valence electrons. The molecule has 0 aromatic heterocycles. The number of piperazine rings is 1.